The van der Waals surface area contributed by atoms with Gasteiger partial charge >= 0.3 is 0 Å². The summed E-state index contributed by atoms with van der Waals surface area (Å²) in [6.45, 7) is 2.06. The molecular weight excluding hydrogens is 116 g/mol. The summed E-state index contributed by atoms with van der Waals surface area (Å²) >= 11 is 0. The Morgan fingerprint density at radius 1 is 1.67 bits per heavy atom. The predicted octanol–water partition coefficient (Wildman–Crippen LogP) is 1.22. The number of aliphatic hydroxyl groups excluding tert-OH is 2. The van der Waals surface area contributed by atoms with Gasteiger partial charge in [0.2, 0.25) is 0 Å². The molecule has 2 unspecified atom stereocenters. The number of allylic oxidation sites excluding steroid dienone is 1. The molecule has 1 aliphatic carbocycles. The highest BCUT2D eigenvalue weighted by Crippen LogP contribution is 2.21. The minimum absolute atomic E-state index is 0.146. The van der Waals surface area contributed by atoms with Crippen LogP contribution in [0.1, 0.15) is 19.8 Å². The first-order valence-corrected chi connectivity index (χ1v) is 3.27. The molecule has 0 radical (unpaired) electrons. The van der Waals surface area contributed by atoms with Crippen LogP contribution in [0, 0.1) is 5.92 Å². The third-order valence-corrected chi connectivity index (χ3v) is 1.70. The van der Waals surface area contributed by atoms with Gasteiger partial charge in [0.05, 0.1) is 0 Å². The summed E-state index contributed by atoms with van der Waals surface area (Å²) in [4.78, 5) is 0. The molecule has 1 rings (SSSR count). The van der Waals surface area contributed by atoms with E-state index in [0.29, 0.717) is 12.3 Å². The fourth-order valence-corrected chi connectivity index (χ4v) is 1.06. The first-order valence-electron chi connectivity index (χ1n) is 3.27. The van der Waals surface area contributed by atoms with Gasteiger partial charge in [-0.3, -0.25) is 0 Å². The molecule has 2 nitrogen and oxygen atoms in total. The lowest BCUT2D eigenvalue weighted by Crippen LogP contribution is -2.18. The Morgan fingerprint density at radius 2 is 2.33 bits per heavy atom. The van der Waals surface area contributed by atoms with E-state index in [1.54, 1.807) is 6.08 Å². The Bertz CT molecular complexity index is 129. The third-order valence-electron chi connectivity index (χ3n) is 1.70. The highest BCUT2D eigenvalue weighted by atomic mass is 16.3. The van der Waals surface area contributed by atoms with Crippen LogP contribution >= 0.6 is 0 Å². The van der Waals surface area contributed by atoms with Crippen LogP contribution < -0.4 is 0 Å². The lowest BCUT2D eigenvalue weighted by Gasteiger charge is -2.19. The van der Waals surface area contributed by atoms with Crippen molar-refractivity contribution in [3.05, 3.63) is 11.8 Å². The van der Waals surface area contributed by atoms with Crippen LogP contribution in [0.5, 0.6) is 0 Å². The molecule has 0 heterocycles. The highest BCUT2D eigenvalue weighted by molar-refractivity contribution is 5.02. The maximum absolute atomic E-state index is 9.03. The number of rotatable bonds is 0. The Morgan fingerprint density at radius 3 is 2.78 bits per heavy atom. The molecule has 0 aromatic rings. The maximum atomic E-state index is 9.03. The van der Waals surface area contributed by atoms with Crippen LogP contribution in [0.15, 0.2) is 11.8 Å². The molecule has 0 amide bonds. The molecule has 52 valence electrons. The number of hydrogen-bond acceptors (Lipinski definition) is 2. The lowest BCUT2D eigenvalue weighted by atomic mass is 9.93. The molecule has 9 heavy (non-hydrogen) atoms. The van der Waals surface area contributed by atoms with E-state index in [1.165, 1.54) is 0 Å². The summed E-state index contributed by atoms with van der Waals surface area (Å²) < 4.78 is 0. The van der Waals surface area contributed by atoms with Gasteiger partial charge in [-0.05, 0) is 24.8 Å². The largest absolute Gasteiger partial charge is 0.510 e. The number of hydrogen-bond donors (Lipinski definition) is 2. The molecule has 0 fully saturated rings. The molecular formula is C7H12O2. The van der Waals surface area contributed by atoms with E-state index in [4.69, 9.17) is 10.2 Å². The van der Waals surface area contributed by atoms with Crippen LogP contribution in [-0.4, -0.2) is 16.3 Å². The van der Waals surface area contributed by atoms with Crippen LogP contribution in [0.3, 0.4) is 0 Å². The minimum atomic E-state index is -0.603. The van der Waals surface area contributed by atoms with Crippen LogP contribution in [0.4, 0.5) is 0 Å². The summed E-state index contributed by atoms with van der Waals surface area (Å²) in [7, 11) is 0. The van der Waals surface area contributed by atoms with E-state index in [2.05, 4.69) is 6.92 Å². The van der Waals surface area contributed by atoms with E-state index < -0.39 is 6.10 Å². The molecule has 0 bridgehead atoms. The Kier molecular flexibility index (Phi) is 1.76. The quantitative estimate of drug-likeness (QED) is 0.515. The second kappa shape index (κ2) is 2.40. The summed E-state index contributed by atoms with van der Waals surface area (Å²) in [6, 6.07) is 0. The van der Waals surface area contributed by atoms with Crippen molar-refractivity contribution in [2.75, 3.05) is 0 Å². The molecule has 2 atom stereocenters. The van der Waals surface area contributed by atoms with Crippen molar-refractivity contribution in [2.45, 2.75) is 25.9 Å². The molecule has 2 N–H and O–H groups in total. The van der Waals surface area contributed by atoms with Gasteiger partial charge in [-0.25, -0.2) is 0 Å². The first-order chi connectivity index (χ1) is 4.20. The van der Waals surface area contributed by atoms with Crippen molar-refractivity contribution >= 4 is 0 Å². The molecule has 0 spiro atoms. The monoisotopic (exact) mass is 128 g/mol. The summed E-state index contributed by atoms with van der Waals surface area (Å²) in [6.07, 6.45) is 2.68. The summed E-state index contributed by atoms with van der Waals surface area (Å²) in [5.74, 6) is 0.656. The zero-order valence-electron chi connectivity index (χ0n) is 5.54. The average molecular weight is 128 g/mol. The van der Waals surface area contributed by atoms with Crippen molar-refractivity contribution < 1.29 is 10.2 Å². The van der Waals surface area contributed by atoms with Gasteiger partial charge in [0.25, 0.3) is 0 Å². The van der Waals surface area contributed by atoms with Crippen molar-refractivity contribution in [3.8, 4) is 0 Å². The van der Waals surface area contributed by atoms with Gasteiger partial charge in [0.1, 0.15) is 11.9 Å². The zero-order chi connectivity index (χ0) is 6.85. The topological polar surface area (TPSA) is 40.5 Å². The molecule has 1 aliphatic rings. The lowest BCUT2D eigenvalue weighted by molar-refractivity contribution is 0.118. The van der Waals surface area contributed by atoms with E-state index in [9.17, 15) is 0 Å². The smallest absolute Gasteiger partial charge is 0.117 e. The average Bonchev–Trinajstić information content (AvgIpc) is 1.80. The second-order valence-corrected chi connectivity index (χ2v) is 2.72. The SMILES string of the molecule is CC1CC=C(O)C(O)C1. The van der Waals surface area contributed by atoms with Crippen LogP contribution in [0.2, 0.25) is 0 Å². The summed E-state index contributed by atoms with van der Waals surface area (Å²) in [5, 5.41) is 17.9. The Balaban J connectivity index is 2.56. The molecule has 0 aromatic carbocycles. The van der Waals surface area contributed by atoms with Gasteiger partial charge in [0, 0.05) is 0 Å². The Hall–Kier alpha value is -0.500. The van der Waals surface area contributed by atoms with Crippen LogP contribution in [0.25, 0.3) is 0 Å². The van der Waals surface area contributed by atoms with E-state index in [0.717, 1.165) is 6.42 Å². The predicted molar refractivity (Wildman–Crippen MR) is 35.1 cm³/mol. The molecule has 0 aliphatic heterocycles. The van der Waals surface area contributed by atoms with Crippen LogP contribution in [-0.2, 0) is 0 Å². The standard InChI is InChI=1S/C7H12O2/c1-5-2-3-6(8)7(9)4-5/h3,5,7-9H,2,4H2,1H3. The third kappa shape index (κ3) is 1.45. The van der Waals surface area contributed by atoms with Gasteiger partial charge in [0.15, 0.2) is 0 Å². The highest BCUT2D eigenvalue weighted by Gasteiger charge is 2.17. The second-order valence-electron chi connectivity index (χ2n) is 2.72. The normalized spacial score (nSPS) is 36.0. The van der Waals surface area contributed by atoms with Crippen molar-refractivity contribution in [3.63, 3.8) is 0 Å². The van der Waals surface area contributed by atoms with Gasteiger partial charge in [-0.15, -0.1) is 0 Å². The summed E-state index contributed by atoms with van der Waals surface area (Å²) in [5.41, 5.74) is 0. The van der Waals surface area contributed by atoms with Gasteiger partial charge in [-0.1, -0.05) is 6.92 Å². The fraction of sp³-hybridized carbons (Fsp3) is 0.714. The first kappa shape index (κ1) is 6.62. The van der Waals surface area contributed by atoms with Crippen molar-refractivity contribution in [1.82, 2.24) is 0 Å². The Labute approximate surface area is 54.8 Å². The maximum Gasteiger partial charge on any atom is 0.117 e. The fourth-order valence-electron chi connectivity index (χ4n) is 1.06. The van der Waals surface area contributed by atoms with Crippen molar-refractivity contribution in [1.29, 1.82) is 0 Å². The number of aliphatic hydroxyl groups is 2. The molecule has 0 saturated carbocycles. The van der Waals surface area contributed by atoms with E-state index in [-0.39, 0.29) is 5.76 Å². The minimum Gasteiger partial charge on any atom is -0.510 e. The zero-order valence-corrected chi connectivity index (χ0v) is 5.54. The van der Waals surface area contributed by atoms with Crippen molar-refractivity contribution in [2.24, 2.45) is 5.92 Å². The van der Waals surface area contributed by atoms with Gasteiger partial charge in [-0.2, -0.15) is 0 Å². The van der Waals surface area contributed by atoms with E-state index >= 15 is 0 Å². The van der Waals surface area contributed by atoms with E-state index in [1.807, 2.05) is 0 Å². The molecule has 0 aromatic heterocycles. The molecule has 2 heteroatoms. The molecule has 0 saturated heterocycles. The van der Waals surface area contributed by atoms with Gasteiger partial charge < -0.3 is 10.2 Å².